The Kier molecular flexibility index (Phi) is 7.09. The Labute approximate surface area is 148 Å². The van der Waals surface area contributed by atoms with E-state index in [1.165, 1.54) is 5.56 Å². The third-order valence-electron chi connectivity index (χ3n) is 3.39. The van der Waals surface area contributed by atoms with Gasteiger partial charge in [0.25, 0.3) is 0 Å². The molecule has 1 fully saturated rings. The van der Waals surface area contributed by atoms with Crippen LogP contribution in [-0.2, 0) is 4.74 Å². The maximum absolute atomic E-state index is 9.60. The molecule has 0 radical (unpaired) electrons. The standard InChI is InChI=1S/C10H13BrO.C8H7BrO/c1-2-3-10(12)8-4-6-9(11)7-5-8;9-7-3-1-6(2-4-7)8-5-10-8/h4-7,10,12H,2-3H2,1H3;1-4,8H,5H2. The number of aliphatic hydroxyl groups is 1. The van der Waals surface area contributed by atoms with Crippen molar-refractivity contribution in [2.45, 2.75) is 32.0 Å². The number of rotatable bonds is 4. The summed E-state index contributed by atoms with van der Waals surface area (Å²) in [5, 5.41) is 9.60. The van der Waals surface area contributed by atoms with Crippen LogP contribution in [0.25, 0.3) is 0 Å². The maximum Gasteiger partial charge on any atom is 0.106 e. The average molecular weight is 428 g/mol. The van der Waals surface area contributed by atoms with E-state index in [0.29, 0.717) is 6.10 Å². The molecule has 2 atom stereocenters. The lowest BCUT2D eigenvalue weighted by atomic mass is 10.1. The van der Waals surface area contributed by atoms with Crippen LogP contribution in [0.15, 0.2) is 57.5 Å². The fourth-order valence-electron chi connectivity index (χ4n) is 2.04. The topological polar surface area (TPSA) is 32.8 Å². The van der Waals surface area contributed by atoms with Gasteiger partial charge in [-0.3, -0.25) is 0 Å². The highest BCUT2D eigenvalue weighted by molar-refractivity contribution is 9.10. The number of benzene rings is 2. The molecular weight excluding hydrogens is 408 g/mol. The predicted molar refractivity (Wildman–Crippen MR) is 96.8 cm³/mol. The number of hydrogen-bond donors (Lipinski definition) is 1. The van der Waals surface area contributed by atoms with E-state index >= 15 is 0 Å². The summed E-state index contributed by atoms with van der Waals surface area (Å²) in [6.07, 6.45) is 1.93. The van der Waals surface area contributed by atoms with Crippen molar-refractivity contribution >= 4 is 31.9 Å². The van der Waals surface area contributed by atoms with Gasteiger partial charge in [0.05, 0.1) is 12.7 Å². The Morgan fingerprint density at radius 3 is 2.00 bits per heavy atom. The first-order valence-corrected chi connectivity index (χ1v) is 8.99. The summed E-state index contributed by atoms with van der Waals surface area (Å²) in [4.78, 5) is 0. The molecule has 1 aliphatic rings. The van der Waals surface area contributed by atoms with Crippen LogP contribution in [0.2, 0.25) is 0 Å². The van der Waals surface area contributed by atoms with E-state index in [4.69, 9.17) is 4.74 Å². The molecule has 0 aliphatic carbocycles. The van der Waals surface area contributed by atoms with Crippen molar-refractivity contribution in [1.82, 2.24) is 0 Å². The van der Waals surface area contributed by atoms with Crippen LogP contribution in [0.4, 0.5) is 0 Å². The van der Waals surface area contributed by atoms with Gasteiger partial charge in [-0.05, 0) is 41.8 Å². The summed E-state index contributed by atoms with van der Waals surface area (Å²) in [5.74, 6) is 0. The van der Waals surface area contributed by atoms with Crippen LogP contribution in [0, 0.1) is 0 Å². The van der Waals surface area contributed by atoms with Gasteiger partial charge in [-0.1, -0.05) is 69.5 Å². The molecule has 4 heteroatoms. The first-order valence-electron chi connectivity index (χ1n) is 7.40. The number of hydrogen-bond acceptors (Lipinski definition) is 2. The Balaban J connectivity index is 0.000000162. The van der Waals surface area contributed by atoms with Crippen molar-refractivity contribution in [3.8, 4) is 0 Å². The quantitative estimate of drug-likeness (QED) is 0.625. The Morgan fingerprint density at radius 1 is 1.05 bits per heavy atom. The van der Waals surface area contributed by atoms with Gasteiger partial charge < -0.3 is 9.84 Å². The Bertz CT molecular complexity index is 563. The van der Waals surface area contributed by atoms with Crippen molar-refractivity contribution in [1.29, 1.82) is 0 Å². The molecule has 22 heavy (non-hydrogen) atoms. The third-order valence-corrected chi connectivity index (χ3v) is 4.45. The van der Waals surface area contributed by atoms with Gasteiger partial charge in [-0.15, -0.1) is 0 Å². The first kappa shape index (κ1) is 17.7. The summed E-state index contributed by atoms with van der Waals surface area (Å²) < 4.78 is 7.29. The van der Waals surface area contributed by atoms with E-state index in [0.717, 1.165) is 34.0 Å². The molecule has 0 saturated carbocycles. The van der Waals surface area contributed by atoms with Crippen LogP contribution in [0.1, 0.15) is 43.1 Å². The van der Waals surface area contributed by atoms with Crippen molar-refractivity contribution < 1.29 is 9.84 Å². The summed E-state index contributed by atoms with van der Waals surface area (Å²) in [5.41, 5.74) is 2.28. The molecule has 1 aliphatic heterocycles. The smallest absolute Gasteiger partial charge is 0.106 e. The molecule has 0 aromatic heterocycles. The second-order valence-corrected chi connectivity index (χ2v) is 7.06. The molecule has 3 rings (SSSR count). The summed E-state index contributed by atoms with van der Waals surface area (Å²) in [6, 6.07) is 16.1. The van der Waals surface area contributed by atoms with Gasteiger partial charge >= 0.3 is 0 Å². The van der Waals surface area contributed by atoms with Gasteiger partial charge in [-0.2, -0.15) is 0 Å². The molecule has 2 aromatic rings. The number of epoxide rings is 1. The molecule has 0 bridgehead atoms. The fourth-order valence-corrected chi connectivity index (χ4v) is 2.57. The highest BCUT2D eigenvalue weighted by atomic mass is 79.9. The van der Waals surface area contributed by atoms with E-state index in [9.17, 15) is 5.11 Å². The number of aliphatic hydroxyl groups excluding tert-OH is 1. The zero-order chi connectivity index (χ0) is 15.9. The summed E-state index contributed by atoms with van der Waals surface area (Å²) in [6.45, 7) is 2.96. The maximum atomic E-state index is 9.60. The fraction of sp³-hybridized carbons (Fsp3) is 0.333. The molecule has 118 valence electrons. The lowest BCUT2D eigenvalue weighted by Gasteiger charge is -2.08. The summed E-state index contributed by atoms with van der Waals surface area (Å²) in [7, 11) is 0. The van der Waals surface area contributed by atoms with E-state index in [1.807, 2.05) is 36.4 Å². The monoisotopic (exact) mass is 426 g/mol. The van der Waals surface area contributed by atoms with E-state index in [-0.39, 0.29) is 6.10 Å². The minimum atomic E-state index is -0.303. The zero-order valence-corrected chi connectivity index (χ0v) is 15.7. The van der Waals surface area contributed by atoms with Gasteiger partial charge in [-0.25, -0.2) is 0 Å². The average Bonchev–Trinajstić information content (AvgIpc) is 3.34. The van der Waals surface area contributed by atoms with Crippen molar-refractivity contribution in [3.63, 3.8) is 0 Å². The second kappa shape index (κ2) is 8.82. The number of ether oxygens (including phenoxy) is 1. The van der Waals surface area contributed by atoms with Crippen LogP contribution < -0.4 is 0 Å². The van der Waals surface area contributed by atoms with Gasteiger partial charge in [0, 0.05) is 8.95 Å². The van der Waals surface area contributed by atoms with Crippen LogP contribution >= 0.6 is 31.9 Å². The third kappa shape index (κ3) is 5.84. The summed E-state index contributed by atoms with van der Waals surface area (Å²) >= 11 is 6.73. The number of halogens is 2. The molecule has 1 heterocycles. The molecule has 2 unspecified atom stereocenters. The second-order valence-electron chi connectivity index (χ2n) is 5.23. The van der Waals surface area contributed by atoms with Crippen molar-refractivity contribution in [3.05, 3.63) is 68.6 Å². The molecule has 0 spiro atoms. The molecule has 1 saturated heterocycles. The zero-order valence-electron chi connectivity index (χ0n) is 12.5. The van der Waals surface area contributed by atoms with Gasteiger partial charge in [0.15, 0.2) is 0 Å². The highest BCUT2D eigenvalue weighted by Gasteiger charge is 2.23. The molecule has 1 N–H and O–H groups in total. The van der Waals surface area contributed by atoms with Crippen molar-refractivity contribution in [2.24, 2.45) is 0 Å². The lowest BCUT2D eigenvalue weighted by molar-refractivity contribution is 0.166. The van der Waals surface area contributed by atoms with Crippen molar-refractivity contribution in [2.75, 3.05) is 6.61 Å². The van der Waals surface area contributed by atoms with Gasteiger partial charge in [0.1, 0.15) is 6.10 Å². The van der Waals surface area contributed by atoms with E-state index in [2.05, 4.69) is 50.9 Å². The Hall–Kier alpha value is -0.680. The predicted octanol–water partition coefficient (Wildman–Crippen LogP) is 5.80. The first-order chi connectivity index (χ1) is 10.6. The van der Waals surface area contributed by atoms with Gasteiger partial charge in [0.2, 0.25) is 0 Å². The normalized spacial score (nSPS) is 17.4. The largest absolute Gasteiger partial charge is 0.388 e. The minimum absolute atomic E-state index is 0.303. The molecule has 2 aromatic carbocycles. The highest BCUT2D eigenvalue weighted by Crippen LogP contribution is 2.30. The molecule has 2 nitrogen and oxygen atoms in total. The van der Waals surface area contributed by atoms with E-state index in [1.54, 1.807) is 0 Å². The van der Waals surface area contributed by atoms with E-state index < -0.39 is 0 Å². The lowest BCUT2D eigenvalue weighted by Crippen LogP contribution is -1.95. The molecular formula is C18H20Br2O2. The van der Waals surface area contributed by atoms with Crippen LogP contribution in [-0.4, -0.2) is 11.7 Å². The Morgan fingerprint density at radius 2 is 1.55 bits per heavy atom. The SMILES string of the molecule is Brc1ccc(C2CO2)cc1.CCCC(O)c1ccc(Br)cc1. The minimum Gasteiger partial charge on any atom is -0.388 e. The molecule has 0 amide bonds. The van der Waals surface area contributed by atoms with Crippen LogP contribution in [0.5, 0.6) is 0 Å². The van der Waals surface area contributed by atoms with Crippen LogP contribution in [0.3, 0.4) is 0 Å².